The normalized spacial score (nSPS) is 26.1. The Bertz CT molecular complexity index is 605. The quantitative estimate of drug-likeness (QED) is 0.916. The van der Waals surface area contributed by atoms with Crippen LogP contribution in [0.1, 0.15) is 37.7 Å². The van der Waals surface area contributed by atoms with Gasteiger partial charge in [0.05, 0.1) is 11.3 Å². The Kier molecular flexibility index (Phi) is 3.85. The van der Waals surface area contributed by atoms with Gasteiger partial charge in [0.1, 0.15) is 6.07 Å². The van der Waals surface area contributed by atoms with E-state index < -0.39 is 5.66 Å². The van der Waals surface area contributed by atoms with E-state index in [2.05, 4.69) is 16.3 Å². The zero-order valence-electron chi connectivity index (χ0n) is 12.1. The molecule has 21 heavy (non-hydrogen) atoms. The largest absolute Gasteiger partial charge is 0.301 e. The average Bonchev–Trinajstić information content (AvgIpc) is 2.85. The van der Waals surface area contributed by atoms with Crippen LogP contribution in [0, 0.1) is 17.2 Å². The third-order valence-electron chi connectivity index (χ3n) is 4.45. The summed E-state index contributed by atoms with van der Waals surface area (Å²) in [5.41, 5.74) is 7.91. The Balaban J connectivity index is 1.88. The fraction of sp³-hybridized carbons (Fsp3) is 0.471. The van der Waals surface area contributed by atoms with E-state index in [4.69, 9.17) is 5.73 Å². The first-order valence-corrected chi connectivity index (χ1v) is 7.63. The minimum absolute atomic E-state index is 0.360. The molecule has 1 aromatic rings. The third-order valence-corrected chi connectivity index (χ3v) is 4.45. The van der Waals surface area contributed by atoms with Crippen molar-refractivity contribution in [2.75, 3.05) is 0 Å². The SMILES string of the molecule is N#CC1=C(C2CCCCC2)N=NC1(N)Cc1ccccc1. The van der Waals surface area contributed by atoms with Crippen LogP contribution in [0.2, 0.25) is 0 Å². The summed E-state index contributed by atoms with van der Waals surface area (Å²) in [4.78, 5) is 0. The molecule has 2 aliphatic rings. The lowest BCUT2D eigenvalue weighted by Crippen LogP contribution is -2.40. The summed E-state index contributed by atoms with van der Waals surface area (Å²) < 4.78 is 0. The fourth-order valence-corrected chi connectivity index (χ4v) is 3.31. The van der Waals surface area contributed by atoms with Crippen LogP contribution in [0.15, 0.2) is 51.8 Å². The van der Waals surface area contributed by atoms with Crippen LogP contribution in [0.3, 0.4) is 0 Å². The molecule has 1 atom stereocenters. The van der Waals surface area contributed by atoms with Crippen LogP contribution in [0.4, 0.5) is 0 Å². The second-order valence-electron chi connectivity index (χ2n) is 5.99. The van der Waals surface area contributed by atoms with Crippen molar-refractivity contribution >= 4 is 0 Å². The van der Waals surface area contributed by atoms with Crippen molar-refractivity contribution in [2.24, 2.45) is 21.9 Å². The van der Waals surface area contributed by atoms with E-state index in [0.29, 0.717) is 17.9 Å². The van der Waals surface area contributed by atoms with Crippen molar-refractivity contribution in [3.8, 4) is 6.07 Å². The predicted molar refractivity (Wildman–Crippen MR) is 81.1 cm³/mol. The van der Waals surface area contributed by atoms with Crippen molar-refractivity contribution in [3.05, 3.63) is 47.2 Å². The van der Waals surface area contributed by atoms with Crippen LogP contribution >= 0.6 is 0 Å². The van der Waals surface area contributed by atoms with Crippen LogP contribution < -0.4 is 5.73 Å². The molecule has 1 unspecified atom stereocenters. The van der Waals surface area contributed by atoms with E-state index in [1.54, 1.807) is 0 Å². The van der Waals surface area contributed by atoms with Gasteiger partial charge in [0.2, 0.25) is 0 Å². The van der Waals surface area contributed by atoms with Crippen molar-refractivity contribution in [1.82, 2.24) is 0 Å². The molecule has 3 rings (SSSR count). The van der Waals surface area contributed by atoms with Crippen LogP contribution in [0.5, 0.6) is 0 Å². The van der Waals surface area contributed by atoms with Gasteiger partial charge in [-0.2, -0.15) is 15.5 Å². The maximum Gasteiger partial charge on any atom is 0.170 e. The average molecular weight is 280 g/mol. The number of benzene rings is 1. The van der Waals surface area contributed by atoms with Gasteiger partial charge in [-0.1, -0.05) is 49.6 Å². The summed E-state index contributed by atoms with van der Waals surface area (Å²) >= 11 is 0. The number of rotatable bonds is 3. The van der Waals surface area contributed by atoms with Crippen molar-refractivity contribution in [1.29, 1.82) is 5.26 Å². The molecule has 1 aliphatic heterocycles. The molecule has 0 spiro atoms. The molecule has 1 fully saturated rings. The predicted octanol–water partition coefficient (Wildman–Crippen LogP) is 3.71. The van der Waals surface area contributed by atoms with E-state index in [0.717, 1.165) is 24.1 Å². The topological polar surface area (TPSA) is 74.5 Å². The Labute approximate surface area is 125 Å². The van der Waals surface area contributed by atoms with Gasteiger partial charge in [-0.05, 0) is 18.4 Å². The molecule has 108 valence electrons. The molecule has 0 bridgehead atoms. The number of allylic oxidation sites excluding steroid dienone is 1. The molecule has 0 aromatic heterocycles. The van der Waals surface area contributed by atoms with E-state index in [-0.39, 0.29) is 0 Å². The standard InChI is InChI=1S/C17H20N4/c18-12-15-16(14-9-5-2-6-10-14)20-21-17(15,19)11-13-7-3-1-4-8-13/h1,3-4,7-8,14H,2,5-6,9-11,19H2. The lowest BCUT2D eigenvalue weighted by atomic mass is 9.83. The highest BCUT2D eigenvalue weighted by atomic mass is 15.3. The van der Waals surface area contributed by atoms with E-state index in [9.17, 15) is 5.26 Å². The van der Waals surface area contributed by atoms with Gasteiger partial charge in [0.25, 0.3) is 0 Å². The summed E-state index contributed by atoms with van der Waals surface area (Å²) in [5, 5.41) is 18.2. The molecule has 0 saturated heterocycles. The van der Waals surface area contributed by atoms with Gasteiger partial charge in [-0.3, -0.25) is 0 Å². The molecule has 4 nitrogen and oxygen atoms in total. The van der Waals surface area contributed by atoms with E-state index in [1.807, 2.05) is 30.3 Å². The van der Waals surface area contributed by atoms with Crippen LogP contribution in [-0.2, 0) is 6.42 Å². The Hall–Kier alpha value is -1.99. The third kappa shape index (κ3) is 2.74. The van der Waals surface area contributed by atoms with Crippen LogP contribution in [0.25, 0.3) is 0 Å². The highest BCUT2D eigenvalue weighted by Gasteiger charge is 2.39. The molecular weight excluding hydrogens is 260 g/mol. The number of nitrogens with two attached hydrogens (primary N) is 1. The molecule has 0 radical (unpaired) electrons. The highest BCUT2D eigenvalue weighted by Crippen LogP contribution is 2.39. The maximum absolute atomic E-state index is 9.57. The number of nitrogens with zero attached hydrogens (tertiary/aromatic N) is 3. The van der Waals surface area contributed by atoms with Gasteiger partial charge < -0.3 is 5.73 Å². The summed E-state index contributed by atoms with van der Waals surface area (Å²) in [6, 6.07) is 12.2. The first-order valence-electron chi connectivity index (χ1n) is 7.63. The lowest BCUT2D eigenvalue weighted by molar-refractivity contribution is 0.399. The van der Waals surface area contributed by atoms with Gasteiger partial charge >= 0.3 is 0 Å². The van der Waals surface area contributed by atoms with Crippen molar-refractivity contribution in [2.45, 2.75) is 44.2 Å². The molecule has 1 saturated carbocycles. The summed E-state index contributed by atoms with van der Waals surface area (Å²) in [7, 11) is 0. The van der Waals surface area contributed by atoms with Crippen molar-refractivity contribution in [3.63, 3.8) is 0 Å². The highest BCUT2D eigenvalue weighted by molar-refractivity contribution is 5.42. The summed E-state index contributed by atoms with van der Waals surface area (Å²) in [6.07, 6.45) is 6.41. The smallest absolute Gasteiger partial charge is 0.170 e. The molecule has 1 aromatic carbocycles. The minimum atomic E-state index is -0.983. The number of hydrogen-bond donors (Lipinski definition) is 1. The van der Waals surface area contributed by atoms with Gasteiger partial charge in [0.15, 0.2) is 5.66 Å². The first-order chi connectivity index (χ1) is 10.2. The van der Waals surface area contributed by atoms with E-state index in [1.165, 1.54) is 19.3 Å². The Morgan fingerprint density at radius 3 is 2.57 bits per heavy atom. The summed E-state index contributed by atoms with van der Waals surface area (Å²) in [6.45, 7) is 0. The summed E-state index contributed by atoms with van der Waals surface area (Å²) in [5.74, 6) is 0.360. The monoisotopic (exact) mass is 280 g/mol. The zero-order chi connectivity index (χ0) is 14.7. The van der Waals surface area contributed by atoms with Gasteiger partial charge in [-0.25, -0.2) is 0 Å². The molecule has 0 amide bonds. The molecule has 4 heteroatoms. The Morgan fingerprint density at radius 1 is 1.19 bits per heavy atom. The second-order valence-corrected chi connectivity index (χ2v) is 5.99. The molecule has 1 aliphatic carbocycles. The first kappa shape index (κ1) is 14.0. The molecule has 2 N–H and O–H groups in total. The fourth-order valence-electron chi connectivity index (χ4n) is 3.31. The zero-order valence-corrected chi connectivity index (χ0v) is 12.1. The van der Waals surface area contributed by atoms with E-state index >= 15 is 0 Å². The maximum atomic E-state index is 9.57. The second kappa shape index (κ2) is 5.79. The van der Waals surface area contributed by atoms with Crippen LogP contribution in [-0.4, -0.2) is 5.66 Å². The Morgan fingerprint density at radius 2 is 1.90 bits per heavy atom. The molecule has 1 heterocycles. The van der Waals surface area contributed by atoms with Crippen molar-refractivity contribution < 1.29 is 0 Å². The lowest BCUT2D eigenvalue weighted by Gasteiger charge is -2.23. The van der Waals surface area contributed by atoms with Gasteiger partial charge in [0, 0.05) is 12.3 Å². The number of nitriles is 1. The number of azo groups is 1. The molecular formula is C17H20N4. The number of hydrogen-bond acceptors (Lipinski definition) is 4. The minimum Gasteiger partial charge on any atom is -0.301 e. The van der Waals surface area contributed by atoms with Gasteiger partial charge in [-0.15, -0.1) is 0 Å².